The van der Waals surface area contributed by atoms with Crippen LogP contribution in [0, 0.1) is 0 Å². The van der Waals surface area contributed by atoms with Crippen LogP contribution in [0.5, 0.6) is 0 Å². The number of allylic oxidation sites excluding steroid dienone is 22. The number of likely N-dealkylation sites (N-methyl/N-ethyl adjacent to an activating group) is 1. The first-order chi connectivity index (χ1) is 31.0. The minimum absolute atomic E-state index is 0.0532. The third-order valence-corrected chi connectivity index (χ3v) is 10.1. The third kappa shape index (κ3) is 47.6. The molecule has 10 heteroatoms. The maximum Gasteiger partial charge on any atom is 0.306 e. The third-order valence-electron chi connectivity index (χ3n) is 9.17. The molecule has 0 aromatic heterocycles. The van der Waals surface area contributed by atoms with E-state index in [0.717, 1.165) is 103 Å². The molecule has 0 radical (unpaired) electrons. The van der Waals surface area contributed by atoms with E-state index in [-0.39, 0.29) is 26.1 Å². The van der Waals surface area contributed by atoms with Crippen molar-refractivity contribution in [1.82, 2.24) is 0 Å². The normalized spacial score (nSPS) is 14.7. The first kappa shape index (κ1) is 60.2. The van der Waals surface area contributed by atoms with Gasteiger partial charge in [-0.15, -0.1) is 0 Å². The molecule has 0 fully saturated rings. The van der Waals surface area contributed by atoms with Gasteiger partial charge in [0.1, 0.15) is 19.8 Å². The van der Waals surface area contributed by atoms with Gasteiger partial charge in [0.25, 0.3) is 7.82 Å². The summed E-state index contributed by atoms with van der Waals surface area (Å²) in [5.41, 5.74) is 0. The highest BCUT2D eigenvalue weighted by Gasteiger charge is 2.21. The summed E-state index contributed by atoms with van der Waals surface area (Å²) in [5, 5.41) is 0. The van der Waals surface area contributed by atoms with Gasteiger partial charge in [-0.1, -0.05) is 154 Å². The van der Waals surface area contributed by atoms with Crippen molar-refractivity contribution >= 4 is 19.8 Å². The Bertz CT molecular complexity index is 1540. The Balaban J connectivity index is 4.46. The molecule has 0 saturated carbocycles. The van der Waals surface area contributed by atoms with Gasteiger partial charge in [0.2, 0.25) is 0 Å². The highest BCUT2D eigenvalue weighted by molar-refractivity contribution is 7.45. The average Bonchev–Trinajstić information content (AvgIpc) is 3.25. The van der Waals surface area contributed by atoms with Gasteiger partial charge in [-0.05, 0) is 109 Å². The molecule has 0 aliphatic rings. The van der Waals surface area contributed by atoms with Crippen LogP contribution < -0.4 is 4.89 Å². The Morgan fingerprint density at radius 3 is 1.25 bits per heavy atom. The van der Waals surface area contributed by atoms with Crippen LogP contribution in [0.15, 0.2) is 134 Å². The van der Waals surface area contributed by atoms with Gasteiger partial charge in [0.05, 0.1) is 27.7 Å². The van der Waals surface area contributed by atoms with Gasteiger partial charge in [-0.25, -0.2) is 0 Å². The standard InChI is InChI=1S/C54H86NO8P/c1-6-8-10-12-14-16-18-20-22-23-24-25-26-27-28-29-30-31-33-35-37-39-41-43-45-47-54(57)63-52(51-62-64(58,59)61-49-48-55(3,4)5)50-60-53(56)46-44-42-40-38-36-34-32-21-19-17-15-13-11-9-7-2/h8-11,14-17,20-22,24-25,27-28,30-32,35-38,52H,6-7,12-13,18-19,23,26,29,33-34,39-51H2,1-5H3/b10-8-,11-9-,16-14-,17-15-,22-20-,25-24-,28-27-,31-30-,32-21-,37-35-,38-36-. The first-order valence-corrected chi connectivity index (χ1v) is 25.4. The summed E-state index contributed by atoms with van der Waals surface area (Å²) in [7, 11) is 1.09. The van der Waals surface area contributed by atoms with Crippen LogP contribution in [-0.4, -0.2) is 70.0 Å². The second kappa shape index (κ2) is 44.4. The molecular weight excluding hydrogens is 822 g/mol. The fraction of sp³-hybridized carbons (Fsp3) is 0.556. The zero-order valence-corrected chi connectivity index (χ0v) is 41.3. The molecular formula is C54H86NO8P. The molecule has 0 aliphatic carbocycles. The molecule has 0 aromatic carbocycles. The molecule has 0 amide bonds. The highest BCUT2D eigenvalue weighted by atomic mass is 31.2. The summed E-state index contributed by atoms with van der Waals surface area (Å²) in [5.74, 6) is -0.938. The number of rotatable bonds is 41. The second-order valence-electron chi connectivity index (χ2n) is 16.4. The Kier molecular flexibility index (Phi) is 41.7. The van der Waals surface area contributed by atoms with E-state index >= 15 is 0 Å². The predicted octanol–water partition coefficient (Wildman–Crippen LogP) is 13.6. The van der Waals surface area contributed by atoms with Crippen molar-refractivity contribution in [2.45, 2.75) is 148 Å². The monoisotopic (exact) mass is 908 g/mol. The quantitative estimate of drug-likeness (QED) is 0.0196. The number of carbonyl (C=O) groups is 2. The van der Waals surface area contributed by atoms with Crippen LogP contribution in [0.1, 0.15) is 142 Å². The number of hydrogen-bond acceptors (Lipinski definition) is 8. The van der Waals surface area contributed by atoms with E-state index in [1.54, 1.807) is 0 Å². The van der Waals surface area contributed by atoms with E-state index in [4.69, 9.17) is 18.5 Å². The lowest BCUT2D eigenvalue weighted by Crippen LogP contribution is -2.37. The molecule has 360 valence electrons. The van der Waals surface area contributed by atoms with Crippen LogP contribution in [0.2, 0.25) is 0 Å². The molecule has 0 rings (SSSR count). The lowest BCUT2D eigenvalue weighted by atomic mass is 10.1. The molecule has 0 aromatic rings. The predicted molar refractivity (Wildman–Crippen MR) is 267 cm³/mol. The summed E-state index contributed by atoms with van der Waals surface area (Å²) in [4.78, 5) is 37.6. The lowest BCUT2D eigenvalue weighted by molar-refractivity contribution is -0.870. The number of nitrogens with zero attached hydrogens (tertiary/aromatic N) is 1. The SMILES string of the molecule is CC/C=C\C/C=C\C/C=C\C/C=C\C/C=C\C/C=C\C/C=C\CCCCCC(=O)OC(COC(=O)CCCC/C=C\C/C=C\C/C=C\C/C=C\CC)COP(=O)([O-])OCC[N+](C)(C)C. The number of carbonyl (C=O) groups excluding carboxylic acids is 2. The van der Waals surface area contributed by atoms with Gasteiger partial charge in [-0.3, -0.25) is 14.2 Å². The number of unbranched alkanes of at least 4 members (excludes halogenated alkanes) is 5. The fourth-order valence-electron chi connectivity index (χ4n) is 5.51. The number of phosphoric acid groups is 1. The summed E-state index contributed by atoms with van der Waals surface area (Å²) in [6.45, 7) is 3.87. The van der Waals surface area contributed by atoms with E-state index in [9.17, 15) is 19.0 Å². The largest absolute Gasteiger partial charge is 0.756 e. The molecule has 2 atom stereocenters. The Hall–Kier alpha value is -3.85. The van der Waals surface area contributed by atoms with Crippen molar-refractivity contribution in [3.05, 3.63) is 134 Å². The van der Waals surface area contributed by atoms with Crippen LogP contribution >= 0.6 is 7.82 Å². The topological polar surface area (TPSA) is 111 Å². The number of phosphoric ester groups is 1. The summed E-state index contributed by atoms with van der Waals surface area (Å²) in [6.07, 6.45) is 63.5. The van der Waals surface area contributed by atoms with E-state index in [1.807, 2.05) is 21.1 Å². The first-order valence-electron chi connectivity index (χ1n) is 23.9. The molecule has 64 heavy (non-hydrogen) atoms. The number of esters is 2. The summed E-state index contributed by atoms with van der Waals surface area (Å²) in [6, 6.07) is 0. The minimum atomic E-state index is -4.66. The van der Waals surface area contributed by atoms with Crippen LogP contribution in [0.3, 0.4) is 0 Å². The fourth-order valence-corrected chi connectivity index (χ4v) is 6.23. The van der Waals surface area contributed by atoms with Gasteiger partial charge >= 0.3 is 11.9 Å². The zero-order chi connectivity index (χ0) is 47.1. The molecule has 0 aliphatic heterocycles. The smallest absolute Gasteiger partial charge is 0.306 e. The van der Waals surface area contributed by atoms with E-state index in [2.05, 4.69) is 148 Å². The second-order valence-corrected chi connectivity index (χ2v) is 17.8. The minimum Gasteiger partial charge on any atom is -0.756 e. The molecule has 0 N–H and O–H groups in total. The molecule has 0 spiro atoms. The highest BCUT2D eigenvalue weighted by Crippen LogP contribution is 2.38. The van der Waals surface area contributed by atoms with Crippen molar-refractivity contribution in [3.63, 3.8) is 0 Å². The van der Waals surface area contributed by atoms with E-state index < -0.39 is 32.5 Å². The van der Waals surface area contributed by atoms with E-state index in [0.29, 0.717) is 23.9 Å². The molecule has 9 nitrogen and oxygen atoms in total. The van der Waals surface area contributed by atoms with Crippen molar-refractivity contribution in [1.29, 1.82) is 0 Å². The number of quaternary nitrogens is 1. The molecule has 0 bridgehead atoms. The molecule has 0 saturated heterocycles. The summed E-state index contributed by atoms with van der Waals surface area (Å²) < 4.78 is 33.9. The molecule has 2 unspecified atom stereocenters. The van der Waals surface area contributed by atoms with Crippen LogP contribution in [-0.2, 0) is 32.7 Å². The maximum absolute atomic E-state index is 12.7. The number of ether oxygens (including phenoxy) is 2. The van der Waals surface area contributed by atoms with E-state index in [1.165, 1.54) is 0 Å². The van der Waals surface area contributed by atoms with Crippen LogP contribution in [0.4, 0.5) is 0 Å². The van der Waals surface area contributed by atoms with Gasteiger partial charge in [-0.2, -0.15) is 0 Å². The number of hydrogen-bond donors (Lipinski definition) is 0. The summed E-state index contributed by atoms with van der Waals surface area (Å²) >= 11 is 0. The average molecular weight is 908 g/mol. The van der Waals surface area contributed by atoms with Crippen molar-refractivity contribution in [3.8, 4) is 0 Å². The van der Waals surface area contributed by atoms with Gasteiger partial charge in [0.15, 0.2) is 6.10 Å². The Morgan fingerprint density at radius 2 is 0.844 bits per heavy atom. The van der Waals surface area contributed by atoms with Gasteiger partial charge in [0, 0.05) is 12.8 Å². The lowest BCUT2D eigenvalue weighted by Gasteiger charge is -2.28. The zero-order valence-electron chi connectivity index (χ0n) is 40.4. The Labute approximate surface area is 390 Å². The van der Waals surface area contributed by atoms with Crippen molar-refractivity contribution in [2.75, 3.05) is 47.5 Å². The van der Waals surface area contributed by atoms with Crippen molar-refractivity contribution < 1.29 is 42.1 Å². The van der Waals surface area contributed by atoms with Crippen LogP contribution in [0.25, 0.3) is 0 Å². The maximum atomic E-state index is 12.7. The molecule has 0 heterocycles. The van der Waals surface area contributed by atoms with Crippen molar-refractivity contribution in [2.24, 2.45) is 0 Å². The Morgan fingerprint density at radius 1 is 0.484 bits per heavy atom. The van der Waals surface area contributed by atoms with Gasteiger partial charge < -0.3 is 27.9 Å².